The zero-order valence-corrected chi connectivity index (χ0v) is 11.9. The summed E-state index contributed by atoms with van der Waals surface area (Å²) >= 11 is 0. The molecule has 4 heteroatoms. The Morgan fingerprint density at radius 1 is 1.15 bits per heavy atom. The van der Waals surface area contributed by atoms with Crippen LogP contribution >= 0.6 is 0 Å². The third kappa shape index (κ3) is 3.51. The molecule has 0 fully saturated rings. The Morgan fingerprint density at radius 3 is 2.40 bits per heavy atom. The maximum atomic E-state index is 12.2. The van der Waals surface area contributed by atoms with E-state index in [0.717, 1.165) is 0 Å². The van der Waals surface area contributed by atoms with Gasteiger partial charge < -0.3 is 15.6 Å². The van der Waals surface area contributed by atoms with Crippen LogP contribution in [-0.4, -0.2) is 18.0 Å². The lowest BCUT2D eigenvalue weighted by Gasteiger charge is -2.06. The lowest BCUT2D eigenvalue weighted by molar-refractivity contribution is 0.103. The number of phenolic OH excluding ortho intramolecular Hbond substituents is 1. The number of ketones is 1. The van der Waals surface area contributed by atoms with Crippen molar-refractivity contribution in [1.82, 2.24) is 0 Å². The van der Waals surface area contributed by atoms with E-state index in [4.69, 9.17) is 10.5 Å². The van der Waals surface area contributed by atoms with E-state index in [0.29, 0.717) is 17.0 Å². The summed E-state index contributed by atoms with van der Waals surface area (Å²) in [4.78, 5) is 12.2. The molecule has 0 heterocycles. The monoisotopic (exact) mass is 273 g/mol. The molecule has 20 heavy (non-hydrogen) atoms. The highest BCUT2D eigenvalue weighted by Crippen LogP contribution is 2.26. The minimum absolute atomic E-state index is 0.109. The fourth-order valence-electron chi connectivity index (χ4n) is 1.67. The molecule has 0 unspecified atom stereocenters. The lowest BCUT2D eigenvalue weighted by atomic mass is 10.0. The molecule has 0 saturated heterocycles. The van der Waals surface area contributed by atoms with Gasteiger partial charge in [-0.3, -0.25) is 4.79 Å². The van der Waals surface area contributed by atoms with Gasteiger partial charge in [0.25, 0.3) is 0 Å². The molecule has 4 nitrogen and oxygen atoms in total. The van der Waals surface area contributed by atoms with E-state index in [9.17, 15) is 9.90 Å². The number of carbonyl (C=O) groups is 1. The van der Waals surface area contributed by atoms with E-state index in [2.05, 4.69) is 0 Å². The van der Waals surface area contributed by atoms with Crippen LogP contribution < -0.4 is 10.5 Å². The first-order valence-electron chi connectivity index (χ1n) is 6.39. The van der Waals surface area contributed by atoms with Crippen LogP contribution in [0.3, 0.4) is 0 Å². The first-order chi connectivity index (χ1) is 9.61. The standard InChI is InChI=1S/C14H13NO3.C2H6/c1-18-11-5-6-12(13(16)8-11)14(17)9-3-2-4-10(15)7-9;1-2/h2-8,16H,15H2,1H3;1-2H3. The highest BCUT2D eigenvalue weighted by atomic mass is 16.5. The Kier molecular flexibility index (Phi) is 5.59. The molecular weight excluding hydrogens is 254 g/mol. The van der Waals surface area contributed by atoms with Crippen LogP contribution in [0, 0.1) is 0 Å². The molecule has 0 aromatic heterocycles. The average Bonchev–Trinajstić information content (AvgIpc) is 2.48. The van der Waals surface area contributed by atoms with E-state index in [1.807, 2.05) is 13.8 Å². The topological polar surface area (TPSA) is 72.5 Å². The fourth-order valence-corrected chi connectivity index (χ4v) is 1.67. The predicted molar refractivity (Wildman–Crippen MR) is 80.3 cm³/mol. The molecule has 0 spiro atoms. The summed E-state index contributed by atoms with van der Waals surface area (Å²) in [5, 5.41) is 9.79. The largest absolute Gasteiger partial charge is 0.507 e. The second kappa shape index (κ2) is 7.19. The van der Waals surface area contributed by atoms with Crippen molar-refractivity contribution in [2.75, 3.05) is 12.8 Å². The predicted octanol–water partition coefficient (Wildman–Crippen LogP) is 3.24. The molecule has 0 radical (unpaired) electrons. The fraction of sp³-hybridized carbons (Fsp3) is 0.188. The van der Waals surface area contributed by atoms with E-state index >= 15 is 0 Å². The van der Waals surface area contributed by atoms with Gasteiger partial charge in [0.2, 0.25) is 0 Å². The molecule has 2 aromatic rings. The zero-order valence-electron chi connectivity index (χ0n) is 11.9. The van der Waals surface area contributed by atoms with Crippen molar-refractivity contribution in [2.24, 2.45) is 0 Å². The average molecular weight is 273 g/mol. The smallest absolute Gasteiger partial charge is 0.196 e. The van der Waals surface area contributed by atoms with Crippen LogP contribution in [0.5, 0.6) is 11.5 Å². The van der Waals surface area contributed by atoms with E-state index in [1.165, 1.54) is 19.2 Å². The highest BCUT2D eigenvalue weighted by Gasteiger charge is 2.14. The second-order valence-corrected chi connectivity index (χ2v) is 3.84. The van der Waals surface area contributed by atoms with Gasteiger partial charge in [0, 0.05) is 17.3 Å². The summed E-state index contributed by atoms with van der Waals surface area (Å²) < 4.78 is 4.96. The number of aromatic hydroxyl groups is 1. The van der Waals surface area contributed by atoms with Crippen molar-refractivity contribution >= 4 is 11.5 Å². The quantitative estimate of drug-likeness (QED) is 0.665. The van der Waals surface area contributed by atoms with Gasteiger partial charge in [0.05, 0.1) is 12.7 Å². The van der Waals surface area contributed by atoms with Gasteiger partial charge in [-0.05, 0) is 24.3 Å². The Labute approximate surface area is 118 Å². The van der Waals surface area contributed by atoms with Crippen molar-refractivity contribution < 1.29 is 14.6 Å². The number of ether oxygens (including phenoxy) is 1. The van der Waals surface area contributed by atoms with E-state index in [-0.39, 0.29) is 17.1 Å². The number of hydrogen-bond donors (Lipinski definition) is 2. The van der Waals surface area contributed by atoms with Gasteiger partial charge in [0.15, 0.2) is 5.78 Å². The van der Waals surface area contributed by atoms with Crippen LogP contribution in [-0.2, 0) is 0 Å². The van der Waals surface area contributed by atoms with Crippen LogP contribution in [0.15, 0.2) is 42.5 Å². The number of nitrogen functional groups attached to an aromatic ring is 1. The molecule has 0 saturated carbocycles. The minimum atomic E-state index is -0.276. The van der Waals surface area contributed by atoms with Gasteiger partial charge >= 0.3 is 0 Å². The molecular formula is C16H19NO3. The lowest BCUT2D eigenvalue weighted by Crippen LogP contribution is -2.02. The third-order valence-corrected chi connectivity index (χ3v) is 2.60. The Balaban J connectivity index is 0.000000956. The summed E-state index contributed by atoms with van der Waals surface area (Å²) in [5.41, 5.74) is 6.80. The normalized spacial score (nSPS) is 9.35. The van der Waals surface area contributed by atoms with Crippen molar-refractivity contribution in [3.8, 4) is 11.5 Å². The molecule has 0 bridgehead atoms. The number of hydrogen-bond acceptors (Lipinski definition) is 4. The molecule has 2 aromatic carbocycles. The summed E-state index contributed by atoms with van der Waals surface area (Å²) in [6.07, 6.45) is 0. The second-order valence-electron chi connectivity index (χ2n) is 3.84. The van der Waals surface area contributed by atoms with Crippen LogP contribution in [0.1, 0.15) is 29.8 Å². The zero-order chi connectivity index (χ0) is 15.1. The highest BCUT2D eigenvalue weighted by molar-refractivity contribution is 6.11. The molecule has 106 valence electrons. The summed E-state index contributed by atoms with van der Waals surface area (Å²) in [6, 6.07) is 11.2. The van der Waals surface area contributed by atoms with Crippen LogP contribution in [0.2, 0.25) is 0 Å². The minimum Gasteiger partial charge on any atom is -0.507 e. The SMILES string of the molecule is CC.COc1ccc(C(=O)c2cccc(N)c2)c(O)c1. The van der Waals surface area contributed by atoms with Gasteiger partial charge in [-0.1, -0.05) is 26.0 Å². The van der Waals surface area contributed by atoms with Crippen molar-refractivity contribution in [1.29, 1.82) is 0 Å². The first-order valence-corrected chi connectivity index (χ1v) is 6.39. The summed E-state index contributed by atoms with van der Waals surface area (Å²) in [7, 11) is 1.49. The van der Waals surface area contributed by atoms with E-state index in [1.54, 1.807) is 30.3 Å². The van der Waals surface area contributed by atoms with Crippen molar-refractivity contribution in [3.05, 3.63) is 53.6 Å². The number of carbonyl (C=O) groups excluding carboxylic acids is 1. The Bertz CT molecular complexity index is 594. The van der Waals surface area contributed by atoms with Crippen molar-refractivity contribution in [3.63, 3.8) is 0 Å². The maximum absolute atomic E-state index is 12.2. The third-order valence-electron chi connectivity index (χ3n) is 2.60. The van der Waals surface area contributed by atoms with Crippen LogP contribution in [0.4, 0.5) is 5.69 Å². The number of nitrogens with two attached hydrogens (primary N) is 1. The van der Waals surface area contributed by atoms with Gasteiger partial charge in [0.1, 0.15) is 11.5 Å². The maximum Gasteiger partial charge on any atom is 0.196 e. The van der Waals surface area contributed by atoms with Gasteiger partial charge in [-0.2, -0.15) is 0 Å². The van der Waals surface area contributed by atoms with Gasteiger partial charge in [-0.25, -0.2) is 0 Å². The number of phenols is 1. The van der Waals surface area contributed by atoms with Crippen molar-refractivity contribution in [2.45, 2.75) is 13.8 Å². The molecule has 2 rings (SSSR count). The molecule has 0 aliphatic heterocycles. The number of benzene rings is 2. The Hall–Kier alpha value is -2.49. The van der Waals surface area contributed by atoms with Crippen LogP contribution in [0.25, 0.3) is 0 Å². The molecule has 0 amide bonds. The number of rotatable bonds is 3. The first kappa shape index (κ1) is 15.6. The molecule has 0 atom stereocenters. The number of methoxy groups -OCH3 is 1. The van der Waals surface area contributed by atoms with Gasteiger partial charge in [-0.15, -0.1) is 0 Å². The molecule has 0 aliphatic rings. The Morgan fingerprint density at radius 2 is 1.85 bits per heavy atom. The summed E-state index contributed by atoms with van der Waals surface area (Å²) in [5.74, 6) is 0.112. The summed E-state index contributed by atoms with van der Waals surface area (Å²) in [6.45, 7) is 4.00. The number of anilines is 1. The van der Waals surface area contributed by atoms with E-state index < -0.39 is 0 Å². The molecule has 3 N–H and O–H groups in total. The molecule has 0 aliphatic carbocycles.